The monoisotopic (exact) mass is 174 g/mol. The van der Waals surface area contributed by atoms with Crippen molar-refractivity contribution in [2.75, 3.05) is 0 Å². The highest BCUT2D eigenvalue weighted by Gasteiger charge is 2.14. The first-order chi connectivity index (χ1) is 5.88. The zero-order chi connectivity index (χ0) is 8.39. The van der Waals surface area contributed by atoms with Gasteiger partial charge in [-0.15, -0.1) is 0 Å². The summed E-state index contributed by atoms with van der Waals surface area (Å²) >= 11 is 0. The predicted molar refractivity (Wildman–Crippen MR) is 57.4 cm³/mol. The SMILES string of the molecule is [SiH3]C(C1=CC=CC1)C1=CC=CC1. The lowest BCUT2D eigenvalue weighted by atomic mass is 10.0. The Balaban J connectivity index is 2.05. The largest absolute Gasteiger partial charge is 0.0805 e. The first kappa shape index (κ1) is 7.81. The van der Waals surface area contributed by atoms with Crippen LogP contribution in [-0.2, 0) is 0 Å². The fourth-order valence-corrected chi connectivity index (χ4v) is 2.66. The van der Waals surface area contributed by atoms with Gasteiger partial charge in [0.2, 0.25) is 0 Å². The van der Waals surface area contributed by atoms with Gasteiger partial charge in [-0.3, -0.25) is 0 Å². The van der Waals surface area contributed by atoms with Crippen LogP contribution in [0.3, 0.4) is 0 Å². The molecule has 2 aliphatic carbocycles. The van der Waals surface area contributed by atoms with E-state index < -0.39 is 0 Å². The smallest absolute Gasteiger partial charge is 0.0170 e. The molecular weight excluding hydrogens is 160 g/mol. The third-order valence-corrected chi connectivity index (χ3v) is 4.20. The molecule has 0 aliphatic heterocycles. The molecule has 2 rings (SSSR count). The minimum atomic E-state index is 0.787. The maximum Gasteiger partial charge on any atom is 0.0170 e. The number of rotatable bonds is 2. The van der Waals surface area contributed by atoms with Crippen molar-refractivity contribution in [1.29, 1.82) is 0 Å². The molecule has 0 aromatic heterocycles. The van der Waals surface area contributed by atoms with Crippen molar-refractivity contribution in [3.05, 3.63) is 47.6 Å². The van der Waals surface area contributed by atoms with E-state index in [9.17, 15) is 0 Å². The van der Waals surface area contributed by atoms with E-state index in [-0.39, 0.29) is 0 Å². The van der Waals surface area contributed by atoms with Crippen LogP contribution in [-0.4, -0.2) is 10.2 Å². The predicted octanol–water partition coefficient (Wildman–Crippen LogP) is 1.91. The van der Waals surface area contributed by atoms with Crippen molar-refractivity contribution >= 4 is 10.2 Å². The molecule has 0 nitrogen and oxygen atoms in total. The van der Waals surface area contributed by atoms with E-state index in [1.807, 2.05) is 0 Å². The average molecular weight is 174 g/mol. The minimum Gasteiger partial charge on any atom is -0.0805 e. The van der Waals surface area contributed by atoms with Crippen LogP contribution in [0.5, 0.6) is 0 Å². The van der Waals surface area contributed by atoms with Crippen LogP contribution in [0, 0.1) is 0 Å². The summed E-state index contributed by atoms with van der Waals surface area (Å²) in [6, 6.07) is 0. The fraction of sp³-hybridized carbons (Fsp3) is 0.273. The van der Waals surface area contributed by atoms with E-state index in [2.05, 4.69) is 36.5 Å². The molecule has 0 saturated heterocycles. The molecule has 0 heterocycles. The third kappa shape index (κ3) is 1.37. The van der Waals surface area contributed by atoms with Gasteiger partial charge >= 0.3 is 0 Å². The molecule has 0 saturated carbocycles. The second kappa shape index (κ2) is 3.28. The molecule has 2 aliphatic rings. The Labute approximate surface area is 76.8 Å². The molecule has 12 heavy (non-hydrogen) atoms. The van der Waals surface area contributed by atoms with Crippen LogP contribution in [0.1, 0.15) is 12.8 Å². The lowest BCUT2D eigenvalue weighted by Gasteiger charge is -2.13. The summed E-state index contributed by atoms with van der Waals surface area (Å²) in [4.78, 5) is 0. The van der Waals surface area contributed by atoms with Crippen molar-refractivity contribution in [2.24, 2.45) is 0 Å². The molecule has 0 atom stereocenters. The molecule has 0 amide bonds. The Bertz CT molecular complexity index is 262. The summed E-state index contributed by atoms with van der Waals surface area (Å²) in [7, 11) is 1.26. The van der Waals surface area contributed by atoms with E-state index in [4.69, 9.17) is 0 Å². The molecule has 0 N–H and O–H groups in total. The molecule has 1 heteroatoms. The van der Waals surface area contributed by atoms with Gasteiger partial charge in [-0.05, 0) is 18.4 Å². The second-order valence-corrected chi connectivity index (χ2v) is 4.62. The lowest BCUT2D eigenvalue weighted by molar-refractivity contribution is 1.02. The van der Waals surface area contributed by atoms with Gasteiger partial charge in [0, 0.05) is 10.2 Å². The van der Waals surface area contributed by atoms with Crippen LogP contribution in [0.15, 0.2) is 47.6 Å². The molecule has 0 radical (unpaired) electrons. The Morgan fingerprint density at radius 3 is 1.83 bits per heavy atom. The number of hydrogen-bond donors (Lipinski definition) is 0. The van der Waals surface area contributed by atoms with E-state index in [0.29, 0.717) is 0 Å². The van der Waals surface area contributed by atoms with Crippen LogP contribution in [0.4, 0.5) is 0 Å². The van der Waals surface area contributed by atoms with E-state index in [0.717, 1.165) is 5.54 Å². The molecule has 0 aromatic rings. The second-order valence-electron chi connectivity index (χ2n) is 3.47. The minimum absolute atomic E-state index is 0.787. The highest BCUT2D eigenvalue weighted by molar-refractivity contribution is 6.16. The van der Waals surface area contributed by atoms with E-state index in [1.54, 1.807) is 11.1 Å². The average Bonchev–Trinajstić information content (AvgIpc) is 2.77. The molecule has 0 aromatic carbocycles. The van der Waals surface area contributed by atoms with Crippen molar-refractivity contribution < 1.29 is 0 Å². The van der Waals surface area contributed by atoms with Crippen LogP contribution < -0.4 is 0 Å². The van der Waals surface area contributed by atoms with Gasteiger partial charge in [-0.25, -0.2) is 0 Å². The van der Waals surface area contributed by atoms with Crippen molar-refractivity contribution in [1.82, 2.24) is 0 Å². The van der Waals surface area contributed by atoms with Crippen LogP contribution in [0.25, 0.3) is 0 Å². The highest BCUT2D eigenvalue weighted by Crippen LogP contribution is 2.32. The van der Waals surface area contributed by atoms with Crippen molar-refractivity contribution in [2.45, 2.75) is 18.4 Å². The normalized spacial score (nSPS) is 20.8. The van der Waals surface area contributed by atoms with Gasteiger partial charge in [-0.1, -0.05) is 47.6 Å². The van der Waals surface area contributed by atoms with E-state index >= 15 is 0 Å². The van der Waals surface area contributed by atoms with Gasteiger partial charge in [0.15, 0.2) is 0 Å². The molecule has 0 unspecified atom stereocenters. The third-order valence-electron chi connectivity index (χ3n) is 2.71. The topological polar surface area (TPSA) is 0 Å². The van der Waals surface area contributed by atoms with Crippen LogP contribution in [0.2, 0.25) is 5.54 Å². The maximum atomic E-state index is 2.29. The summed E-state index contributed by atoms with van der Waals surface area (Å²) in [5.41, 5.74) is 4.03. The quantitative estimate of drug-likeness (QED) is 0.561. The van der Waals surface area contributed by atoms with E-state index in [1.165, 1.54) is 23.1 Å². The zero-order valence-corrected chi connectivity index (χ0v) is 9.46. The Morgan fingerprint density at radius 2 is 1.50 bits per heavy atom. The zero-order valence-electron chi connectivity index (χ0n) is 7.46. The Kier molecular flexibility index (Phi) is 2.13. The Morgan fingerprint density at radius 1 is 1.00 bits per heavy atom. The number of allylic oxidation sites excluding steroid dienone is 8. The molecular formula is C11H14Si. The van der Waals surface area contributed by atoms with Gasteiger partial charge in [0.25, 0.3) is 0 Å². The van der Waals surface area contributed by atoms with Crippen molar-refractivity contribution in [3.8, 4) is 0 Å². The Hall–Kier alpha value is -0.823. The van der Waals surface area contributed by atoms with Gasteiger partial charge in [0.05, 0.1) is 0 Å². The summed E-state index contributed by atoms with van der Waals surface area (Å²) < 4.78 is 0. The molecule has 62 valence electrons. The molecule has 0 bridgehead atoms. The van der Waals surface area contributed by atoms with Gasteiger partial charge in [-0.2, -0.15) is 0 Å². The standard InChI is InChI=1S/C11H14Si/c12-11(9-5-1-2-6-9)10-7-3-4-8-10/h1-5,7,11H,6,8H2,12H3. The van der Waals surface area contributed by atoms with Crippen LogP contribution >= 0.6 is 0 Å². The summed E-state index contributed by atoms with van der Waals surface area (Å²) in [6.45, 7) is 0. The first-order valence-corrected chi connectivity index (χ1v) is 5.74. The van der Waals surface area contributed by atoms with Gasteiger partial charge < -0.3 is 0 Å². The first-order valence-electron chi connectivity index (χ1n) is 4.59. The number of hydrogen-bond acceptors (Lipinski definition) is 0. The summed E-state index contributed by atoms with van der Waals surface area (Å²) in [6.07, 6.45) is 15.8. The highest BCUT2D eigenvalue weighted by atomic mass is 28.1. The maximum absolute atomic E-state index is 2.29. The van der Waals surface area contributed by atoms with Gasteiger partial charge in [0.1, 0.15) is 0 Å². The molecule has 0 fully saturated rings. The fourth-order valence-electron chi connectivity index (χ4n) is 1.81. The molecule has 0 spiro atoms. The lowest BCUT2D eigenvalue weighted by Crippen LogP contribution is -1.98. The summed E-state index contributed by atoms with van der Waals surface area (Å²) in [5, 5.41) is 0. The van der Waals surface area contributed by atoms with Crippen molar-refractivity contribution in [3.63, 3.8) is 0 Å². The summed E-state index contributed by atoms with van der Waals surface area (Å²) in [5.74, 6) is 0.